The van der Waals surface area contributed by atoms with E-state index in [4.69, 9.17) is 10.5 Å². The Morgan fingerprint density at radius 1 is 1.47 bits per heavy atom. The summed E-state index contributed by atoms with van der Waals surface area (Å²) in [4.78, 5) is 4.46. The molecule has 1 aromatic heterocycles. The molecule has 0 amide bonds. The molecular weight excluding hydrogens is 232 g/mol. The molecule has 1 fully saturated rings. The second-order valence-corrected chi connectivity index (χ2v) is 5.62. The standard InChI is InChI=1S/C13H20N2OS/c1-2-3-8-17-12-7-6-11(14)13(15-12)16-9-10-4-5-10/h6-7,10H,2-5,8-9,14H2,1H3. The summed E-state index contributed by atoms with van der Waals surface area (Å²) < 4.78 is 5.66. The topological polar surface area (TPSA) is 48.1 Å². The van der Waals surface area contributed by atoms with Crippen LogP contribution in [0.5, 0.6) is 5.88 Å². The van der Waals surface area contributed by atoms with Crippen molar-refractivity contribution in [2.24, 2.45) is 5.92 Å². The number of ether oxygens (including phenoxy) is 1. The van der Waals surface area contributed by atoms with Crippen molar-refractivity contribution in [1.82, 2.24) is 4.98 Å². The fraction of sp³-hybridized carbons (Fsp3) is 0.615. The Balaban J connectivity index is 1.90. The van der Waals surface area contributed by atoms with Crippen LogP contribution >= 0.6 is 11.8 Å². The summed E-state index contributed by atoms with van der Waals surface area (Å²) in [5, 5.41) is 1.01. The first-order valence-corrected chi connectivity index (χ1v) is 7.30. The number of rotatable bonds is 7. The molecule has 1 heterocycles. The van der Waals surface area contributed by atoms with Crippen molar-refractivity contribution in [1.29, 1.82) is 0 Å². The third kappa shape index (κ3) is 4.11. The molecule has 0 spiro atoms. The zero-order valence-corrected chi connectivity index (χ0v) is 11.1. The zero-order chi connectivity index (χ0) is 12.1. The van der Waals surface area contributed by atoms with Crippen molar-refractivity contribution in [3.05, 3.63) is 12.1 Å². The van der Waals surface area contributed by atoms with Gasteiger partial charge in [-0.3, -0.25) is 0 Å². The van der Waals surface area contributed by atoms with Crippen LogP contribution in [0.4, 0.5) is 5.69 Å². The van der Waals surface area contributed by atoms with Gasteiger partial charge in [0.1, 0.15) is 5.03 Å². The van der Waals surface area contributed by atoms with Crippen LogP contribution in [-0.4, -0.2) is 17.3 Å². The third-order valence-electron chi connectivity index (χ3n) is 2.76. The highest BCUT2D eigenvalue weighted by atomic mass is 32.2. The summed E-state index contributed by atoms with van der Waals surface area (Å²) in [6.45, 7) is 2.96. The molecule has 1 aromatic rings. The van der Waals surface area contributed by atoms with Crippen molar-refractivity contribution in [2.45, 2.75) is 37.6 Å². The van der Waals surface area contributed by atoms with E-state index in [1.807, 2.05) is 12.1 Å². The van der Waals surface area contributed by atoms with Gasteiger partial charge in [-0.1, -0.05) is 13.3 Å². The van der Waals surface area contributed by atoms with E-state index in [0.717, 1.165) is 23.3 Å². The van der Waals surface area contributed by atoms with Crippen LogP contribution in [0.25, 0.3) is 0 Å². The van der Waals surface area contributed by atoms with Crippen LogP contribution in [0.1, 0.15) is 32.6 Å². The summed E-state index contributed by atoms with van der Waals surface area (Å²) in [6.07, 6.45) is 5.00. The van der Waals surface area contributed by atoms with Gasteiger partial charge in [-0.05, 0) is 43.1 Å². The molecule has 4 heteroatoms. The van der Waals surface area contributed by atoms with Crippen molar-refractivity contribution in [2.75, 3.05) is 18.1 Å². The third-order valence-corrected chi connectivity index (χ3v) is 3.78. The number of pyridine rings is 1. The summed E-state index contributed by atoms with van der Waals surface area (Å²) in [5.41, 5.74) is 6.50. The fourth-order valence-corrected chi connectivity index (χ4v) is 2.39. The number of anilines is 1. The van der Waals surface area contributed by atoms with E-state index < -0.39 is 0 Å². The lowest BCUT2D eigenvalue weighted by Gasteiger charge is -2.08. The van der Waals surface area contributed by atoms with Gasteiger partial charge in [-0.15, -0.1) is 11.8 Å². The number of thioether (sulfide) groups is 1. The predicted octanol–water partition coefficient (Wildman–Crippen LogP) is 3.34. The van der Waals surface area contributed by atoms with Gasteiger partial charge in [0.2, 0.25) is 5.88 Å². The highest BCUT2D eigenvalue weighted by Gasteiger charge is 2.22. The van der Waals surface area contributed by atoms with Gasteiger partial charge in [-0.2, -0.15) is 0 Å². The van der Waals surface area contributed by atoms with Crippen molar-refractivity contribution < 1.29 is 4.74 Å². The van der Waals surface area contributed by atoms with Crippen LogP contribution < -0.4 is 10.5 Å². The van der Waals surface area contributed by atoms with E-state index in [1.54, 1.807) is 11.8 Å². The number of nitrogen functional groups attached to an aromatic ring is 1. The molecule has 0 unspecified atom stereocenters. The second-order valence-electron chi connectivity index (χ2n) is 4.50. The molecule has 3 nitrogen and oxygen atoms in total. The molecule has 17 heavy (non-hydrogen) atoms. The van der Waals surface area contributed by atoms with Gasteiger partial charge in [0.25, 0.3) is 0 Å². The highest BCUT2D eigenvalue weighted by Crippen LogP contribution is 2.31. The van der Waals surface area contributed by atoms with E-state index >= 15 is 0 Å². The number of nitrogens with zero attached hydrogens (tertiary/aromatic N) is 1. The molecule has 94 valence electrons. The summed E-state index contributed by atoms with van der Waals surface area (Å²) in [5.74, 6) is 2.45. The van der Waals surface area contributed by atoms with E-state index in [1.165, 1.54) is 25.7 Å². The lowest BCUT2D eigenvalue weighted by molar-refractivity contribution is 0.288. The largest absolute Gasteiger partial charge is 0.476 e. The average molecular weight is 252 g/mol. The first-order chi connectivity index (χ1) is 8.29. The molecule has 2 N–H and O–H groups in total. The maximum absolute atomic E-state index is 5.85. The number of aromatic nitrogens is 1. The van der Waals surface area contributed by atoms with Gasteiger partial charge in [-0.25, -0.2) is 4.98 Å². The SMILES string of the molecule is CCCCSc1ccc(N)c(OCC2CC2)n1. The lowest BCUT2D eigenvalue weighted by Crippen LogP contribution is -2.04. The van der Waals surface area contributed by atoms with E-state index in [0.29, 0.717) is 11.6 Å². The van der Waals surface area contributed by atoms with Crippen molar-refractivity contribution in [3.8, 4) is 5.88 Å². The monoisotopic (exact) mass is 252 g/mol. The Hall–Kier alpha value is -0.900. The Morgan fingerprint density at radius 2 is 2.29 bits per heavy atom. The highest BCUT2D eigenvalue weighted by molar-refractivity contribution is 7.99. The van der Waals surface area contributed by atoms with Crippen LogP contribution in [0.3, 0.4) is 0 Å². The number of nitrogens with two attached hydrogens (primary N) is 1. The maximum Gasteiger partial charge on any atom is 0.238 e. The first kappa shape index (κ1) is 12.6. The molecule has 2 rings (SSSR count). The molecule has 1 aliphatic rings. The molecular formula is C13H20N2OS. The van der Waals surface area contributed by atoms with Gasteiger partial charge >= 0.3 is 0 Å². The quantitative estimate of drug-likeness (QED) is 0.597. The van der Waals surface area contributed by atoms with E-state index in [9.17, 15) is 0 Å². The van der Waals surface area contributed by atoms with Crippen LogP contribution in [0.15, 0.2) is 17.2 Å². The van der Waals surface area contributed by atoms with Gasteiger partial charge in [0.15, 0.2) is 0 Å². The molecule has 0 aliphatic heterocycles. The summed E-state index contributed by atoms with van der Waals surface area (Å²) in [7, 11) is 0. The number of unbranched alkanes of at least 4 members (excludes halogenated alkanes) is 1. The Morgan fingerprint density at radius 3 is 3.00 bits per heavy atom. The van der Waals surface area contributed by atoms with Crippen LogP contribution in [0.2, 0.25) is 0 Å². The molecule has 0 atom stereocenters. The van der Waals surface area contributed by atoms with E-state index in [2.05, 4.69) is 11.9 Å². The molecule has 0 aromatic carbocycles. The first-order valence-electron chi connectivity index (χ1n) is 6.31. The van der Waals surface area contributed by atoms with Crippen molar-refractivity contribution >= 4 is 17.4 Å². The second kappa shape index (κ2) is 6.15. The molecule has 1 saturated carbocycles. The zero-order valence-electron chi connectivity index (χ0n) is 10.3. The molecule has 0 bridgehead atoms. The van der Waals surface area contributed by atoms with Crippen LogP contribution in [-0.2, 0) is 0 Å². The van der Waals surface area contributed by atoms with Gasteiger partial charge in [0, 0.05) is 0 Å². The molecule has 1 aliphatic carbocycles. The lowest BCUT2D eigenvalue weighted by atomic mass is 10.4. The minimum absolute atomic E-state index is 0.610. The van der Waals surface area contributed by atoms with E-state index in [-0.39, 0.29) is 0 Å². The van der Waals surface area contributed by atoms with Gasteiger partial charge in [0.05, 0.1) is 12.3 Å². The minimum Gasteiger partial charge on any atom is -0.476 e. The Labute approximate surface area is 107 Å². The number of hydrogen-bond acceptors (Lipinski definition) is 4. The normalized spacial score (nSPS) is 14.9. The average Bonchev–Trinajstić information content (AvgIpc) is 3.14. The summed E-state index contributed by atoms with van der Waals surface area (Å²) in [6, 6.07) is 3.86. The summed E-state index contributed by atoms with van der Waals surface area (Å²) >= 11 is 1.77. The van der Waals surface area contributed by atoms with Crippen LogP contribution in [0, 0.1) is 5.92 Å². The van der Waals surface area contributed by atoms with Crippen molar-refractivity contribution in [3.63, 3.8) is 0 Å². The Bertz CT molecular complexity index is 366. The molecule has 0 radical (unpaired) electrons. The number of hydrogen-bond donors (Lipinski definition) is 1. The minimum atomic E-state index is 0.610. The predicted molar refractivity (Wildman–Crippen MR) is 72.5 cm³/mol. The maximum atomic E-state index is 5.85. The fourth-order valence-electron chi connectivity index (χ4n) is 1.43. The smallest absolute Gasteiger partial charge is 0.238 e. The Kier molecular flexibility index (Phi) is 4.54. The van der Waals surface area contributed by atoms with Gasteiger partial charge < -0.3 is 10.5 Å². The molecule has 0 saturated heterocycles.